The molecule has 0 atom stereocenters. The molecule has 30 heavy (non-hydrogen) atoms. The van der Waals surface area contributed by atoms with Gasteiger partial charge in [-0.15, -0.1) is 0 Å². The Bertz CT molecular complexity index is 1270. The molecule has 0 aliphatic heterocycles. The zero-order chi connectivity index (χ0) is 21.3. The van der Waals surface area contributed by atoms with Crippen molar-refractivity contribution in [2.45, 2.75) is 13.8 Å². The topological polar surface area (TPSA) is 54.0 Å². The van der Waals surface area contributed by atoms with Crippen LogP contribution in [-0.2, 0) is 0 Å². The van der Waals surface area contributed by atoms with Crippen LogP contribution in [0.4, 0.5) is 25.0 Å². The second-order valence-electron chi connectivity index (χ2n) is 7.04. The van der Waals surface area contributed by atoms with Crippen LogP contribution in [0.2, 0.25) is 0 Å². The van der Waals surface area contributed by atoms with Crippen LogP contribution < -0.4 is 10.6 Å². The van der Waals surface area contributed by atoms with Crippen molar-refractivity contribution in [2.75, 3.05) is 10.6 Å². The predicted molar refractivity (Wildman–Crippen MR) is 116 cm³/mol. The van der Waals surface area contributed by atoms with Crippen molar-refractivity contribution in [3.8, 4) is 11.1 Å². The Kier molecular flexibility index (Phi) is 5.14. The van der Waals surface area contributed by atoms with Gasteiger partial charge in [0.25, 0.3) is 0 Å². The number of nitrogens with one attached hydrogen (secondary N) is 2. The largest absolute Gasteiger partial charge is 0.323 e. The van der Waals surface area contributed by atoms with E-state index in [1.807, 2.05) is 56.3 Å². The van der Waals surface area contributed by atoms with Crippen LogP contribution in [-0.4, -0.2) is 11.0 Å². The molecule has 0 aliphatic rings. The van der Waals surface area contributed by atoms with Gasteiger partial charge >= 0.3 is 6.03 Å². The fourth-order valence-corrected chi connectivity index (χ4v) is 3.48. The number of hydrogen-bond acceptors (Lipinski definition) is 2. The van der Waals surface area contributed by atoms with E-state index in [0.717, 1.165) is 39.2 Å². The minimum Gasteiger partial charge on any atom is -0.306 e. The number of hydrogen-bond donors (Lipinski definition) is 2. The summed E-state index contributed by atoms with van der Waals surface area (Å²) in [4.78, 5) is 17.1. The molecule has 4 rings (SSSR count). The minimum atomic E-state index is -0.850. The van der Waals surface area contributed by atoms with E-state index in [0.29, 0.717) is 11.8 Å². The smallest absolute Gasteiger partial charge is 0.306 e. The second kappa shape index (κ2) is 7.91. The lowest BCUT2D eigenvalue weighted by molar-refractivity contribution is 0.262. The maximum absolute atomic E-state index is 13.9. The Hall–Kier alpha value is -3.80. The lowest BCUT2D eigenvalue weighted by Crippen LogP contribution is -2.21. The van der Waals surface area contributed by atoms with Crippen LogP contribution in [0.5, 0.6) is 0 Å². The fraction of sp³-hybridized carbons (Fsp3) is 0.0833. The zero-order valence-corrected chi connectivity index (χ0v) is 16.5. The Morgan fingerprint density at radius 1 is 0.867 bits per heavy atom. The Balaban J connectivity index is 1.78. The van der Waals surface area contributed by atoms with Crippen LogP contribution in [0.1, 0.15) is 11.1 Å². The lowest BCUT2D eigenvalue weighted by Gasteiger charge is -2.17. The van der Waals surface area contributed by atoms with Crippen molar-refractivity contribution in [2.24, 2.45) is 0 Å². The Morgan fingerprint density at radius 2 is 1.60 bits per heavy atom. The highest BCUT2D eigenvalue weighted by atomic mass is 19.1. The number of aryl methyl sites for hydroxylation is 2. The van der Waals surface area contributed by atoms with Crippen molar-refractivity contribution in [1.29, 1.82) is 0 Å². The van der Waals surface area contributed by atoms with E-state index in [2.05, 4.69) is 15.6 Å². The van der Waals surface area contributed by atoms with Crippen molar-refractivity contribution in [3.05, 3.63) is 89.6 Å². The van der Waals surface area contributed by atoms with Crippen molar-refractivity contribution in [1.82, 2.24) is 4.98 Å². The van der Waals surface area contributed by atoms with E-state index in [-0.39, 0.29) is 5.69 Å². The SMILES string of the molecule is Cc1ccccc1-c1c(NC(=O)Nc2ccc(F)cc2F)cnc2c(C)cccc12. The number of amides is 2. The summed E-state index contributed by atoms with van der Waals surface area (Å²) in [5.74, 6) is -1.56. The van der Waals surface area contributed by atoms with Gasteiger partial charge in [-0.3, -0.25) is 4.98 Å². The number of rotatable bonds is 3. The van der Waals surface area contributed by atoms with E-state index >= 15 is 0 Å². The number of carbonyl (C=O) groups excluding carboxylic acids is 1. The molecule has 0 fully saturated rings. The third-order valence-electron chi connectivity index (χ3n) is 4.94. The number of fused-ring (bicyclic) bond motifs is 1. The fourth-order valence-electron chi connectivity index (χ4n) is 3.48. The molecule has 0 saturated carbocycles. The van der Waals surface area contributed by atoms with E-state index in [4.69, 9.17) is 0 Å². The Labute approximate surface area is 172 Å². The molecule has 0 bridgehead atoms. The summed E-state index contributed by atoms with van der Waals surface area (Å²) in [7, 11) is 0. The van der Waals surface area contributed by atoms with Crippen LogP contribution in [0.3, 0.4) is 0 Å². The van der Waals surface area contributed by atoms with Gasteiger partial charge in [-0.1, -0.05) is 42.5 Å². The number of carbonyl (C=O) groups is 1. The number of anilines is 2. The zero-order valence-electron chi connectivity index (χ0n) is 16.5. The summed E-state index contributed by atoms with van der Waals surface area (Å²) in [5, 5.41) is 6.08. The first kappa shape index (κ1) is 19.5. The molecule has 0 saturated heterocycles. The average molecular weight is 403 g/mol. The van der Waals surface area contributed by atoms with Gasteiger partial charge in [-0.25, -0.2) is 13.6 Å². The number of halogens is 2. The monoisotopic (exact) mass is 403 g/mol. The number of para-hydroxylation sites is 1. The predicted octanol–water partition coefficient (Wildman–Crippen LogP) is 6.44. The van der Waals surface area contributed by atoms with Crippen LogP contribution in [0, 0.1) is 25.5 Å². The number of nitrogens with zero attached hydrogens (tertiary/aromatic N) is 1. The molecule has 0 unspecified atom stereocenters. The molecule has 2 N–H and O–H groups in total. The van der Waals surface area contributed by atoms with Crippen molar-refractivity contribution >= 4 is 28.3 Å². The number of aromatic nitrogens is 1. The Morgan fingerprint density at radius 3 is 2.37 bits per heavy atom. The van der Waals surface area contributed by atoms with Gasteiger partial charge in [0.2, 0.25) is 0 Å². The number of benzene rings is 3. The van der Waals surface area contributed by atoms with Gasteiger partial charge in [0.1, 0.15) is 11.6 Å². The molecule has 150 valence electrons. The quantitative estimate of drug-likeness (QED) is 0.413. The molecule has 0 radical (unpaired) electrons. The third kappa shape index (κ3) is 3.72. The molecule has 2 amide bonds. The third-order valence-corrected chi connectivity index (χ3v) is 4.94. The summed E-state index contributed by atoms with van der Waals surface area (Å²) in [6, 6.07) is 16.1. The molecule has 0 spiro atoms. The molecule has 6 heteroatoms. The molecule has 0 aliphatic carbocycles. The van der Waals surface area contributed by atoms with Gasteiger partial charge in [-0.05, 0) is 42.7 Å². The van der Waals surface area contributed by atoms with E-state index in [1.54, 1.807) is 6.20 Å². The molecular formula is C24H19F2N3O. The molecule has 4 nitrogen and oxygen atoms in total. The van der Waals surface area contributed by atoms with Crippen LogP contribution in [0.25, 0.3) is 22.0 Å². The first-order chi connectivity index (χ1) is 14.4. The summed E-state index contributed by atoms with van der Waals surface area (Å²) in [6.45, 7) is 3.98. The lowest BCUT2D eigenvalue weighted by atomic mass is 9.95. The molecule has 4 aromatic rings. The van der Waals surface area contributed by atoms with Gasteiger partial charge in [0.15, 0.2) is 0 Å². The van der Waals surface area contributed by atoms with Gasteiger partial charge < -0.3 is 10.6 Å². The summed E-state index contributed by atoms with van der Waals surface area (Å²) < 4.78 is 27.0. The van der Waals surface area contributed by atoms with E-state index in [9.17, 15) is 13.6 Å². The maximum Gasteiger partial charge on any atom is 0.323 e. The summed E-state index contributed by atoms with van der Waals surface area (Å²) >= 11 is 0. The first-order valence-electron chi connectivity index (χ1n) is 9.41. The summed E-state index contributed by atoms with van der Waals surface area (Å²) in [5.41, 5.74) is 5.06. The highest BCUT2D eigenvalue weighted by molar-refractivity contribution is 6.08. The van der Waals surface area contributed by atoms with Crippen molar-refractivity contribution < 1.29 is 13.6 Å². The van der Waals surface area contributed by atoms with Gasteiger partial charge in [0.05, 0.1) is 23.1 Å². The van der Waals surface area contributed by atoms with E-state index in [1.165, 1.54) is 6.07 Å². The highest BCUT2D eigenvalue weighted by Crippen LogP contribution is 2.37. The first-order valence-corrected chi connectivity index (χ1v) is 9.41. The molecule has 3 aromatic carbocycles. The van der Waals surface area contributed by atoms with Gasteiger partial charge in [-0.2, -0.15) is 0 Å². The van der Waals surface area contributed by atoms with Crippen LogP contribution in [0.15, 0.2) is 66.9 Å². The second-order valence-corrected chi connectivity index (χ2v) is 7.04. The van der Waals surface area contributed by atoms with E-state index < -0.39 is 17.7 Å². The minimum absolute atomic E-state index is 0.115. The van der Waals surface area contributed by atoms with Crippen LogP contribution >= 0.6 is 0 Å². The van der Waals surface area contributed by atoms with Crippen molar-refractivity contribution in [3.63, 3.8) is 0 Å². The maximum atomic E-state index is 13.9. The summed E-state index contributed by atoms with van der Waals surface area (Å²) in [6.07, 6.45) is 1.59. The molecule has 1 heterocycles. The average Bonchev–Trinajstić information content (AvgIpc) is 2.71. The number of pyridine rings is 1. The number of urea groups is 1. The highest BCUT2D eigenvalue weighted by Gasteiger charge is 2.16. The standard InChI is InChI=1S/C24H19F2N3O/c1-14-6-3-4-8-17(14)22-18-9-5-7-15(2)23(18)27-13-21(22)29-24(30)28-20-11-10-16(25)12-19(20)26/h3-13H,1-2H3,(H2,28,29,30). The molecular weight excluding hydrogens is 384 g/mol. The molecule has 1 aromatic heterocycles. The normalized spacial score (nSPS) is 10.8. The van der Waals surface area contributed by atoms with Gasteiger partial charge in [0, 0.05) is 17.0 Å².